The number of hydrogen-bond acceptors (Lipinski definition) is 2. The standard InChI is InChI=1S/C13H17Cl2NO2S/c1-9-4-3-5-10(2)16(9)19(17,18)13-7-11(14)6-12(15)8-13/h6-10H,3-5H2,1-2H3/t9-,10+. The summed E-state index contributed by atoms with van der Waals surface area (Å²) in [5.74, 6) is 0. The van der Waals surface area contributed by atoms with Crippen LogP contribution in [0.15, 0.2) is 23.1 Å². The van der Waals surface area contributed by atoms with Crippen molar-refractivity contribution in [2.24, 2.45) is 0 Å². The highest BCUT2D eigenvalue weighted by molar-refractivity contribution is 7.89. The summed E-state index contributed by atoms with van der Waals surface area (Å²) in [7, 11) is -3.54. The second kappa shape index (κ2) is 5.60. The van der Waals surface area contributed by atoms with Crippen molar-refractivity contribution >= 4 is 33.2 Å². The first-order valence-corrected chi connectivity index (χ1v) is 8.51. The minimum atomic E-state index is -3.54. The number of nitrogens with zero attached hydrogens (tertiary/aromatic N) is 1. The molecule has 0 aliphatic carbocycles. The fraction of sp³-hybridized carbons (Fsp3) is 0.538. The second-order valence-electron chi connectivity index (χ2n) is 5.07. The average molecular weight is 322 g/mol. The molecular weight excluding hydrogens is 305 g/mol. The highest BCUT2D eigenvalue weighted by Gasteiger charge is 2.35. The van der Waals surface area contributed by atoms with Gasteiger partial charge in [-0.25, -0.2) is 8.42 Å². The Morgan fingerprint density at radius 2 is 1.53 bits per heavy atom. The van der Waals surface area contributed by atoms with Crippen molar-refractivity contribution in [3.63, 3.8) is 0 Å². The van der Waals surface area contributed by atoms with Crippen molar-refractivity contribution in [2.75, 3.05) is 0 Å². The molecule has 0 amide bonds. The third-order valence-corrected chi connectivity index (χ3v) is 6.07. The molecule has 0 saturated carbocycles. The van der Waals surface area contributed by atoms with Gasteiger partial charge in [0.15, 0.2) is 0 Å². The van der Waals surface area contributed by atoms with Gasteiger partial charge in [0.05, 0.1) is 4.90 Å². The van der Waals surface area contributed by atoms with Crippen LogP contribution in [0.4, 0.5) is 0 Å². The summed E-state index contributed by atoms with van der Waals surface area (Å²) in [6.07, 6.45) is 2.83. The predicted octanol–water partition coefficient (Wildman–Crippen LogP) is 3.95. The van der Waals surface area contributed by atoms with Gasteiger partial charge in [-0.1, -0.05) is 29.6 Å². The van der Waals surface area contributed by atoms with Gasteiger partial charge < -0.3 is 0 Å². The molecule has 1 aliphatic rings. The minimum Gasteiger partial charge on any atom is -0.207 e. The Morgan fingerprint density at radius 3 is 2.00 bits per heavy atom. The topological polar surface area (TPSA) is 37.4 Å². The highest BCUT2D eigenvalue weighted by Crippen LogP contribution is 2.31. The third-order valence-electron chi connectivity index (χ3n) is 3.52. The van der Waals surface area contributed by atoms with Gasteiger partial charge in [0.2, 0.25) is 10.0 Å². The van der Waals surface area contributed by atoms with Crippen LogP contribution in [0, 0.1) is 0 Å². The summed E-state index contributed by atoms with van der Waals surface area (Å²) in [5, 5.41) is 0.673. The predicted molar refractivity (Wildman–Crippen MR) is 78.3 cm³/mol. The Bertz CT molecular complexity index is 544. The van der Waals surface area contributed by atoms with E-state index in [0.29, 0.717) is 10.0 Å². The highest BCUT2D eigenvalue weighted by atomic mass is 35.5. The summed E-state index contributed by atoms with van der Waals surface area (Å²) in [6, 6.07) is 4.46. The fourth-order valence-electron chi connectivity index (χ4n) is 2.67. The lowest BCUT2D eigenvalue weighted by atomic mass is 10.0. The smallest absolute Gasteiger partial charge is 0.207 e. The Balaban J connectivity index is 2.46. The molecule has 0 bridgehead atoms. The van der Waals surface area contributed by atoms with Gasteiger partial charge in [-0.3, -0.25) is 0 Å². The van der Waals surface area contributed by atoms with E-state index in [0.717, 1.165) is 19.3 Å². The molecular formula is C13H17Cl2NO2S. The minimum absolute atomic E-state index is 0.00603. The molecule has 3 nitrogen and oxygen atoms in total. The number of sulfonamides is 1. The van der Waals surface area contributed by atoms with E-state index in [1.165, 1.54) is 18.2 Å². The SMILES string of the molecule is C[C@@H]1CCC[C@H](C)N1S(=O)(=O)c1cc(Cl)cc(Cl)c1. The zero-order valence-corrected chi connectivity index (χ0v) is 13.3. The van der Waals surface area contributed by atoms with Gasteiger partial charge in [0.25, 0.3) is 0 Å². The lowest BCUT2D eigenvalue weighted by Gasteiger charge is -2.37. The van der Waals surface area contributed by atoms with E-state index in [2.05, 4.69) is 0 Å². The Labute approximate surface area is 124 Å². The maximum atomic E-state index is 12.7. The van der Waals surface area contributed by atoms with E-state index in [-0.39, 0.29) is 17.0 Å². The van der Waals surface area contributed by atoms with Crippen LogP contribution < -0.4 is 0 Å². The number of halogens is 2. The van der Waals surface area contributed by atoms with Crippen molar-refractivity contribution in [1.29, 1.82) is 0 Å². The molecule has 2 atom stereocenters. The Hall–Kier alpha value is -0.290. The Morgan fingerprint density at radius 1 is 1.05 bits per heavy atom. The molecule has 1 saturated heterocycles. The van der Waals surface area contributed by atoms with Gasteiger partial charge in [-0.05, 0) is 44.9 Å². The summed E-state index contributed by atoms with van der Waals surface area (Å²) < 4.78 is 27.0. The van der Waals surface area contributed by atoms with E-state index < -0.39 is 10.0 Å². The summed E-state index contributed by atoms with van der Waals surface area (Å²) in [4.78, 5) is 0.172. The van der Waals surface area contributed by atoms with Gasteiger partial charge in [0.1, 0.15) is 0 Å². The lowest BCUT2D eigenvalue weighted by molar-refractivity contribution is 0.204. The van der Waals surface area contributed by atoms with Gasteiger partial charge in [0, 0.05) is 22.1 Å². The maximum Gasteiger partial charge on any atom is 0.243 e. The summed E-state index contributed by atoms with van der Waals surface area (Å²) in [5.41, 5.74) is 0. The van der Waals surface area contributed by atoms with Gasteiger partial charge in [-0.15, -0.1) is 0 Å². The zero-order valence-electron chi connectivity index (χ0n) is 10.9. The van der Waals surface area contributed by atoms with Crippen LogP contribution in [0.2, 0.25) is 10.0 Å². The molecule has 0 unspecified atom stereocenters. The van der Waals surface area contributed by atoms with Crippen LogP contribution in [-0.4, -0.2) is 24.8 Å². The van der Waals surface area contributed by atoms with Crippen LogP contribution in [-0.2, 0) is 10.0 Å². The largest absolute Gasteiger partial charge is 0.243 e. The molecule has 1 aliphatic heterocycles. The number of benzene rings is 1. The molecule has 0 N–H and O–H groups in total. The molecule has 1 fully saturated rings. The van der Waals surface area contributed by atoms with Crippen molar-refractivity contribution < 1.29 is 8.42 Å². The van der Waals surface area contributed by atoms with Gasteiger partial charge in [-0.2, -0.15) is 4.31 Å². The van der Waals surface area contributed by atoms with E-state index in [1.54, 1.807) is 4.31 Å². The monoisotopic (exact) mass is 321 g/mol. The molecule has 1 aromatic rings. The van der Waals surface area contributed by atoms with Gasteiger partial charge >= 0.3 is 0 Å². The molecule has 2 rings (SSSR count). The van der Waals surface area contributed by atoms with Crippen LogP contribution in [0.5, 0.6) is 0 Å². The van der Waals surface area contributed by atoms with Crippen molar-refractivity contribution in [1.82, 2.24) is 4.31 Å². The normalized spacial score (nSPS) is 25.5. The van der Waals surface area contributed by atoms with E-state index in [1.807, 2.05) is 13.8 Å². The molecule has 6 heteroatoms. The number of hydrogen-bond donors (Lipinski definition) is 0. The van der Waals surface area contributed by atoms with Crippen LogP contribution in [0.3, 0.4) is 0 Å². The molecule has 106 valence electrons. The first-order valence-electron chi connectivity index (χ1n) is 6.32. The zero-order chi connectivity index (χ0) is 14.2. The first kappa shape index (κ1) is 15.1. The quantitative estimate of drug-likeness (QED) is 0.827. The van der Waals surface area contributed by atoms with E-state index >= 15 is 0 Å². The molecule has 0 spiro atoms. The summed E-state index contributed by atoms with van der Waals surface area (Å²) >= 11 is 11.8. The third kappa shape index (κ3) is 3.07. The van der Waals surface area contributed by atoms with Crippen molar-refractivity contribution in [3.05, 3.63) is 28.2 Å². The maximum absolute atomic E-state index is 12.7. The van der Waals surface area contributed by atoms with E-state index in [9.17, 15) is 8.42 Å². The number of rotatable bonds is 2. The van der Waals surface area contributed by atoms with E-state index in [4.69, 9.17) is 23.2 Å². The molecule has 0 radical (unpaired) electrons. The van der Waals surface area contributed by atoms with Crippen molar-refractivity contribution in [3.8, 4) is 0 Å². The Kier molecular flexibility index (Phi) is 4.45. The molecule has 1 heterocycles. The van der Waals surface area contributed by atoms with Crippen molar-refractivity contribution in [2.45, 2.75) is 50.1 Å². The number of piperidine rings is 1. The summed E-state index contributed by atoms with van der Waals surface area (Å²) in [6.45, 7) is 3.89. The molecule has 1 aromatic carbocycles. The fourth-order valence-corrected chi connectivity index (χ4v) is 5.28. The van der Waals surface area contributed by atoms with Crippen LogP contribution in [0.1, 0.15) is 33.1 Å². The molecule has 0 aromatic heterocycles. The second-order valence-corrected chi connectivity index (χ2v) is 7.79. The average Bonchev–Trinajstić information content (AvgIpc) is 2.26. The van der Waals surface area contributed by atoms with Crippen LogP contribution in [0.25, 0.3) is 0 Å². The molecule has 19 heavy (non-hydrogen) atoms. The van der Waals surface area contributed by atoms with Crippen LogP contribution >= 0.6 is 23.2 Å². The lowest BCUT2D eigenvalue weighted by Crippen LogP contribution is -2.47. The first-order chi connectivity index (χ1) is 8.82.